The van der Waals surface area contributed by atoms with E-state index in [9.17, 15) is 0 Å². The standard InChI is InChI=1S/C20H32N4O.HI/c1-2-21-20(23-15-19-11-7-13-25-19)22-14-18-10-6-12-24(18)16-17-8-4-3-5-9-17;/h3-5,8-9,18-19H,2,6-7,10-16H2,1H3,(H2,21,22,23);1H. The lowest BCUT2D eigenvalue weighted by molar-refractivity contribution is 0.114. The Bertz CT molecular complexity index is 534. The Balaban J connectivity index is 0.00000243. The molecule has 146 valence electrons. The number of ether oxygens (including phenoxy) is 1. The van der Waals surface area contributed by atoms with E-state index in [1.807, 2.05) is 0 Å². The molecule has 1 aromatic rings. The number of hydrogen-bond acceptors (Lipinski definition) is 3. The fourth-order valence-electron chi connectivity index (χ4n) is 3.68. The molecule has 26 heavy (non-hydrogen) atoms. The van der Waals surface area contributed by atoms with Crippen molar-refractivity contribution in [2.75, 3.05) is 32.8 Å². The van der Waals surface area contributed by atoms with Crippen molar-refractivity contribution < 1.29 is 4.74 Å². The molecule has 0 radical (unpaired) electrons. The van der Waals surface area contributed by atoms with E-state index in [1.165, 1.54) is 31.4 Å². The van der Waals surface area contributed by atoms with E-state index < -0.39 is 0 Å². The van der Waals surface area contributed by atoms with Crippen molar-refractivity contribution in [2.45, 2.75) is 51.3 Å². The number of likely N-dealkylation sites (tertiary alicyclic amines) is 1. The van der Waals surface area contributed by atoms with Crippen LogP contribution >= 0.6 is 24.0 Å². The van der Waals surface area contributed by atoms with Gasteiger partial charge < -0.3 is 15.4 Å². The van der Waals surface area contributed by atoms with Gasteiger partial charge in [-0.15, -0.1) is 24.0 Å². The van der Waals surface area contributed by atoms with E-state index >= 15 is 0 Å². The van der Waals surface area contributed by atoms with Crippen LogP contribution < -0.4 is 10.6 Å². The highest BCUT2D eigenvalue weighted by Crippen LogP contribution is 2.20. The first-order valence-corrected chi connectivity index (χ1v) is 9.77. The van der Waals surface area contributed by atoms with Gasteiger partial charge in [0.1, 0.15) is 0 Å². The minimum atomic E-state index is 0. The molecule has 0 saturated carbocycles. The molecule has 2 atom stereocenters. The van der Waals surface area contributed by atoms with E-state index in [4.69, 9.17) is 9.73 Å². The Morgan fingerprint density at radius 1 is 1.19 bits per heavy atom. The predicted molar refractivity (Wildman–Crippen MR) is 118 cm³/mol. The second kappa shape index (κ2) is 11.8. The molecule has 5 nitrogen and oxygen atoms in total. The van der Waals surface area contributed by atoms with Gasteiger partial charge in [0, 0.05) is 32.3 Å². The van der Waals surface area contributed by atoms with Crippen molar-refractivity contribution in [3.05, 3.63) is 35.9 Å². The molecule has 0 aliphatic carbocycles. The largest absolute Gasteiger partial charge is 0.376 e. The first kappa shape index (κ1) is 21.4. The molecule has 3 rings (SSSR count). The van der Waals surface area contributed by atoms with Gasteiger partial charge in [0.15, 0.2) is 5.96 Å². The van der Waals surface area contributed by atoms with E-state index in [0.29, 0.717) is 12.1 Å². The SMILES string of the molecule is CCNC(=NCC1CCCN1Cc1ccccc1)NCC1CCCO1.I. The number of nitrogens with one attached hydrogen (secondary N) is 2. The molecule has 2 aliphatic heterocycles. The summed E-state index contributed by atoms with van der Waals surface area (Å²) in [5.74, 6) is 0.921. The molecular weight excluding hydrogens is 439 g/mol. The van der Waals surface area contributed by atoms with Gasteiger partial charge >= 0.3 is 0 Å². The lowest BCUT2D eigenvalue weighted by Gasteiger charge is -2.24. The van der Waals surface area contributed by atoms with Gasteiger partial charge in [-0.2, -0.15) is 0 Å². The summed E-state index contributed by atoms with van der Waals surface area (Å²) in [6.07, 6.45) is 5.18. The van der Waals surface area contributed by atoms with Gasteiger partial charge in [0.25, 0.3) is 0 Å². The minimum absolute atomic E-state index is 0. The third-order valence-electron chi connectivity index (χ3n) is 5.05. The zero-order valence-corrected chi connectivity index (χ0v) is 18.2. The molecule has 0 bridgehead atoms. The number of rotatable bonds is 7. The van der Waals surface area contributed by atoms with Crippen molar-refractivity contribution in [3.63, 3.8) is 0 Å². The number of halogens is 1. The van der Waals surface area contributed by atoms with Crippen LogP contribution in [0.2, 0.25) is 0 Å². The van der Waals surface area contributed by atoms with Gasteiger partial charge in [0.05, 0.1) is 12.6 Å². The van der Waals surface area contributed by atoms with Crippen LogP contribution in [0.3, 0.4) is 0 Å². The van der Waals surface area contributed by atoms with Crippen LogP contribution in [0.1, 0.15) is 38.2 Å². The van der Waals surface area contributed by atoms with Crippen LogP contribution in [0, 0.1) is 0 Å². The van der Waals surface area contributed by atoms with Crippen LogP contribution in [-0.4, -0.2) is 55.8 Å². The number of guanidine groups is 1. The summed E-state index contributed by atoms with van der Waals surface area (Å²) in [4.78, 5) is 7.42. The molecule has 2 unspecified atom stereocenters. The first-order valence-electron chi connectivity index (χ1n) is 9.77. The van der Waals surface area contributed by atoms with Crippen LogP contribution in [0.25, 0.3) is 0 Å². The van der Waals surface area contributed by atoms with E-state index in [-0.39, 0.29) is 24.0 Å². The molecule has 0 spiro atoms. The predicted octanol–water partition coefficient (Wildman–Crippen LogP) is 3.00. The lowest BCUT2D eigenvalue weighted by Crippen LogP contribution is -2.42. The maximum atomic E-state index is 5.69. The van der Waals surface area contributed by atoms with Crippen LogP contribution in [0.5, 0.6) is 0 Å². The first-order chi connectivity index (χ1) is 12.3. The molecule has 0 amide bonds. The average Bonchev–Trinajstić information content (AvgIpc) is 3.30. The lowest BCUT2D eigenvalue weighted by atomic mass is 10.2. The summed E-state index contributed by atoms with van der Waals surface area (Å²) in [6.45, 7) is 7.81. The smallest absolute Gasteiger partial charge is 0.191 e. The molecule has 2 saturated heterocycles. The van der Waals surface area contributed by atoms with Crippen LogP contribution in [0.4, 0.5) is 0 Å². The van der Waals surface area contributed by atoms with Crippen molar-refractivity contribution in [1.29, 1.82) is 0 Å². The van der Waals surface area contributed by atoms with Crippen molar-refractivity contribution in [3.8, 4) is 0 Å². The molecule has 1 aromatic carbocycles. The fourth-order valence-corrected chi connectivity index (χ4v) is 3.68. The molecule has 2 aliphatic rings. The number of aliphatic imine (C=N–C) groups is 1. The Morgan fingerprint density at radius 2 is 2.04 bits per heavy atom. The normalized spacial score (nSPS) is 23.7. The highest BCUT2D eigenvalue weighted by atomic mass is 127. The number of hydrogen-bond donors (Lipinski definition) is 2. The van der Waals surface area contributed by atoms with Gasteiger partial charge in [-0.3, -0.25) is 9.89 Å². The third kappa shape index (κ3) is 6.70. The summed E-state index contributed by atoms with van der Waals surface area (Å²) in [7, 11) is 0. The van der Waals surface area contributed by atoms with Gasteiger partial charge in [0.2, 0.25) is 0 Å². The molecule has 6 heteroatoms. The summed E-state index contributed by atoms with van der Waals surface area (Å²) in [5.41, 5.74) is 1.39. The maximum absolute atomic E-state index is 5.69. The average molecular weight is 472 g/mol. The zero-order valence-electron chi connectivity index (χ0n) is 15.8. The van der Waals surface area contributed by atoms with Gasteiger partial charge in [-0.25, -0.2) is 0 Å². The zero-order chi connectivity index (χ0) is 17.3. The Labute approximate surface area is 175 Å². The summed E-state index contributed by atoms with van der Waals surface area (Å²) < 4.78 is 5.69. The highest BCUT2D eigenvalue weighted by Gasteiger charge is 2.24. The second-order valence-corrected chi connectivity index (χ2v) is 6.99. The molecule has 0 aromatic heterocycles. The minimum Gasteiger partial charge on any atom is -0.376 e. The van der Waals surface area contributed by atoms with Crippen LogP contribution in [-0.2, 0) is 11.3 Å². The Morgan fingerprint density at radius 3 is 2.77 bits per heavy atom. The van der Waals surface area contributed by atoms with Crippen molar-refractivity contribution in [2.24, 2.45) is 4.99 Å². The van der Waals surface area contributed by atoms with Gasteiger partial charge in [-0.05, 0) is 44.7 Å². The van der Waals surface area contributed by atoms with E-state index in [1.54, 1.807) is 0 Å². The summed E-state index contributed by atoms with van der Waals surface area (Å²) in [6, 6.07) is 11.3. The number of nitrogens with zero attached hydrogens (tertiary/aromatic N) is 2. The number of benzene rings is 1. The topological polar surface area (TPSA) is 48.9 Å². The quantitative estimate of drug-likeness (QED) is 0.364. The van der Waals surface area contributed by atoms with E-state index in [2.05, 4.69) is 52.8 Å². The molecular formula is C20H33IN4O. The highest BCUT2D eigenvalue weighted by molar-refractivity contribution is 14.0. The molecule has 2 N–H and O–H groups in total. The van der Waals surface area contributed by atoms with Crippen LogP contribution in [0.15, 0.2) is 35.3 Å². The monoisotopic (exact) mass is 472 g/mol. The maximum Gasteiger partial charge on any atom is 0.191 e. The fraction of sp³-hybridized carbons (Fsp3) is 0.650. The third-order valence-corrected chi connectivity index (χ3v) is 5.05. The Hall–Kier alpha value is -0.860. The Kier molecular flexibility index (Phi) is 9.71. The van der Waals surface area contributed by atoms with Crippen molar-refractivity contribution >= 4 is 29.9 Å². The molecule has 2 fully saturated rings. The van der Waals surface area contributed by atoms with Crippen molar-refractivity contribution in [1.82, 2.24) is 15.5 Å². The summed E-state index contributed by atoms with van der Waals surface area (Å²) >= 11 is 0. The van der Waals surface area contributed by atoms with E-state index in [0.717, 1.165) is 45.2 Å². The summed E-state index contributed by atoms with van der Waals surface area (Å²) in [5, 5.41) is 6.81. The van der Waals surface area contributed by atoms with Gasteiger partial charge in [-0.1, -0.05) is 30.3 Å². The molecule has 2 heterocycles. The second-order valence-electron chi connectivity index (χ2n) is 6.99.